The second-order valence-electron chi connectivity index (χ2n) is 6.67. The van der Waals surface area contributed by atoms with Crippen LogP contribution in [0.2, 0.25) is 0 Å². The van der Waals surface area contributed by atoms with Crippen LogP contribution in [-0.4, -0.2) is 54.4 Å². The van der Waals surface area contributed by atoms with Gasteiger partial charge in [0.05, 0.1) is 0 Å². The van der Waals surface area contributed by atoms with Crippen molar-refractivity contribution in [2.45, 2.75) is 25.7 Å². The van der Waals surface area contributed by atoms with E-state index in [0.717, 1.165) is 26.6 Å². The molecule has 0 aliphatic carbocycles. The quantitative estimate of drug-likeness (QED) is 0.846. The zero-order chi connectivity index (χ0) is 17.3. The van der Waals surface area contributed by atoms with E-state index in [1.807, 2.05) is 18.2 Å². The Morgan fingerprint density at radius 2 is 1.75 bits per heavy atom. The molecule has 7 heteroatoms. The number of hydrogen-bond donors (Lipinski definition) is 0. The molecule has 0 radical (unpaired) electrons. The minimum absolute atomic E-state index is 0.308. The first-order chi connectivity index (χ1) is 11.3. The largest absolute Gasteiger partial charge is 0.437 e. The minimum atomic E-state index is -4.52. The third-order valence-corrected chi connectivity index (χ3v) is 4.81. The summed E-state index contributed by atoms with van der Waals surface area (Å²) in [5.74, 6) is 0.616. The van der Waals surface area contributed by atoms with Crippen LogP contribution in [0.25, 0.3) is 0 Å². The maximum absolute atomic E-state index is 12.5. The van der Waals surface area contributed by atoms with Gasteiger partial charge < -0.3 is 9.64 Å². The summed E-state index contributed by atoms with van der Waals surface area (Å²) in [6.07, 6.45) is -7.44. The van der Waals surface area contributed by atoms with Crippen LogP contribution in [-0.2, 0) is 11.3 Å². The van der Waals surface area contributed by atoms with Crippen molar-refractivity contribution in [3.63, 3.8) is 0 Å². The van der Waals surface area contributed by atoms with E-state index in [9.17, 15) is 18.0 Å². The lowest BCUT2D eigenvalue weighted by Gasteiger charge is -2.23. The molecule has 1 amide bonds. The Kier molecular flexibility index (Phi) is 4.71. The van der Waals surface area contributed by atoms with Crippen LogP contribution < -0.4 is 0 Å². The van der Waals surface area contributed by atoms with Gasteiger partial charge in [0.2, 0.25) is 0 Å². The lowest BCUT2D eigenvalue weighted by molar-refractivity contribution is -0.199. The molecule has 2 saturated heterocycles. The Bertz CT molecular complexity index is 565. The average molecular weight is 342 g/mol. The number of fused-ring (bicyclic) bond motifs is 1. The summed E-state index contributed by atoms with van der Waals surface area (Å²) in [7, 11) is 0. The highest BCUT2D eigenvalue weighted by atomic mass is 19.4. The predicted molar refractivity (Wildman–Crippen MR) is 82.3 cm³/mol. The maximum atomic E-state index is 12.5. The minimum Gasteiger partial charge on any atom is -0.437 e. The zero-order valence-corrected chi connectivity index (χ0v) is 13.5. The van der Waals surface area contributed by atoms with E-state index >= 15 is 0 Å². The maximum Gasteiger partial charge on any atom is 0.425 e. The van der Waals surface area contributed by atoms with Crippen LogP contribution in [0.4, 0.5) is 18.0 Å². The summed E-state index contributed by atoms with van der Waals surface area (Å²) in [6, 6.07) is 10.2. The smallest absolute Gasteiger partial charge is 0.425 e. The molecule has 2 heterocycles. The van der Waals surface area contributed by atoms with Crippen molar-refractivity contribution in [1.29, 1.82) is 0 Å². The standard InChI is InChI=1S/C17H21F3N2O2/c1-12(17(18,19)20)24-16(23)22-10-14-8-21(9-15(14)11-22)7-13-5-3-2-4-6-13/h2-6,12,14-15H,7-11H2,1H3. The summed E-state index contributed by atoms with van der Waals surface area (Å²) in [4.78, 5) is 15.6. The molecule has 0 spiro atoms. The van der Waals surface area contributed by atoms with Gasteiger partial charge in [0.1, 0.15) is 0 Å². The molecule has 2 aliphatic rings. The Morgan fingerprint density at radius 3 is 2.29 bits per heavy atom. The number of carbonyl (C=O) groups is 1. The Hall–Kier alpha value is -1.76. The van der Waals surface area contributed by atoms with E-state index in [0.29, 0.717) is 24.9 Å². The summed E-state index contributed by atoms with van der Waals surface area (Å²) in [5.41, 5.74) is 1.24. The van der Waals surface area contributed by atoms with Crippen LogP contribution in [0.3, 0.4) is 0 Å². The number of nitrogens with zero attached hydrogens (tertiary/aromatic N) is 2. The van der Waals surface area contributed by atoms with Crippen LogP contribution in [0.5, 0.6) is 0 Å². The third kappa shape index (κ3) is 3.83. The monoisotopic (exact) mass is 342 g/mol. The van der Waals surface area contributed by atoms with Crippen molar-refractivity contribution >= 4 is 6.09 Å². The normalized spacial score (nSPS) is 25.6. The highest BCUT2D eigenvalue weighted by Crippen LogP contribution is 2.33. The molecule has 1 aromatic rings. The Morgan fingerprint density at radius 1 is 1.17 bits per heavy atom. The van der Waals surface area contributed by atoms with E-state index in [1.165, 1.54) is 10.5 Å². The Balaban J connectivity index is 1.49. The molecule has 4 nitrogen and oxygen atoms in total. The summed E-state index contributed by atoms with van der Waals surface area (Å²) < 4.78 is 42.0. The molecule has 0 aromatic heterocycles. The number of hydrogen-bond acceptors (Lipinski definition) is 3. The molecule has 0 N–H and O–H groups in total. The fourth-order valence-electron chi connectivity index (χ4n) is 3.50. The number of likely N-dealkylation sites (tertiary alicyclic amines) is 2. The molecule has 24 heavy (non-hydrogen) atoms. The first kappa shape index (κ1) is 17.1. The number of halogens is 3. The summed E-state index contributed by atoms with van der Waals surface area (Å²) in [5, 5.41) is 0. The fraction of sp³-hybridized carbons (Fsp3) is 0.588. The first-order valence-electron chi connectivity index (χ1n) is 8.11. The highest BCUT2D eigenvalue weighted by molar-refractivity contribution is 5.68. The van der Waals surface area contributed by atoms with E-state index in [-0.39, 0.29) is 0 Å². The SMILES string of the molecule is CC(OC(=O)N1CC2CN(Cc3ccccc3)CC2C1)C(F)(F)F. The molecule has 2 fully saturated rings. The van der Waals surface area contributed by atoms with Gasteiger partial charge in [0, 0.05) is 32.7 Å². The van der Waals surface area contributed by atoms with E-state index < -0.39 is 18.4 Å². The van der Waals surface area contributed by atoms with Crippen molar-refractivity contribution in [2.24, 2.45) is 11.8 Å². The van der Waals surface area contributed by atoms with E-state index in [4.69, 9.17) is 0 Å². The molecule has 3 unspecified atom stereocenters. The summed E-state index contributed by atoms with van der Waals surface area (Å²) in [6.45, 7) is 4.38. The second kappa shape index (κ2) is 6.63. The molecule has 1 aromatic carbocycles. The van der Waals surface area contributed by atoms with Crippen molar-refractivity contribution in [2.75, 3.05) is 26.2 Å². The molecule has 0 bridgehead atoms. The summed E-state index contributed by atoms with van der Waals surface area (Å²) >= 11 is 0. The van der Waals surface area contributed by atoms with Crippen molar-refractivity contribution in [3.8, 4) is 0 Å². The van der Waals surface area contributed by atoms with Gasteiger partial charge in [-0.1, -0.05) is 30.3 Å². The molecule has 0 saturated carbocycles. The average Bonchev–Trinajstić information content (AvgIpc) is 3.05. The number of benzene rings is 1. The van der Waals surface area contributed by atoms with Crippen molar-refractivity contribution < 1.29 is 22.7 Å². The number of alkyl halides is 3. The van der Waals surface area contributed by atoms with Crippen LogP contribution in [0.1, 0.15) is 12.5 Å². The third-order valence-electron chi connectivity index (χ3n) is 4.81. The van der Waals surface area contributed by atoms with Gasteiger partial charge in [0.25, 0.3) is 0 Å². The fourth-order valence-corrected chi connectivity index (χ4v) is 3.50. The predicted octanol–water partition coefficient (Wildman–Crippen LogP) is 3.14. The first-order valence-corrected chi connectivity index (χ1v) is 8.11. The van der Waals surface area contributed by atoms with Gasteiger partial charge in [-0.15, -0.1) is 0 Å². The lowest BCUT2D eigenvalue weighted by Crippen LogP contribution is -2.39. The van der Waals surface area contributed by atoms with Gasteiger partial charge in [-0.3, -0.25) is 4.90 Å². The van der Waals surface area contributed by atoms with Crippen molar-refractivity contribution in [3.05, 3.63) is 35.9 Å². The van der Waals surface area contributed by atoms with Gasteiger partial charge in [0.15, 0.2) is 6.10 Å². The molecule has 2 aliphatic heterocycles. The number of rotatable bonds is 3. The highest BCUT2D eigenvalue weighted by Gasteiger charge is 2.44. The molecule has 132 valence electrons. The van der Waals surface area contributed by atoms with Crippen LogP contribution in [0, 0.1) is 11.8 Å². The second-order valence-corrected chi connectivity index (χ2v) is 6.67. The van der Waals surface area contributed by atoms with E-state index in [2.05, 4.69) is 21.8 Å². The zero-order valence-electron chi connectivity index (χ0n) is 13.5. The number of amides is 1. The molecular formula is C17H21F3N2O2. The number of ether oxygens (including phenoxy) is 1. The van der Waals surface area contributed by atoms with Gasteiger partial charge in [-0.2, -0.15) is 13.2 Å². The van der Waals surface area contributed by atoms with Crippen LogP contribution >= 0.6 is 0 Å². The van der Waals surface area contributed by atoms with E-state index in [1.54, 1.807) is 0 Å². The molecular weight excluding hydrogens is 321 g/mol. The molecule has 3 rings (SSSR count). The van der Waals surface area contributed by atoms with Crippen LogP contribution in [0.15, 0.2) is 30.3 Å². The lowest BCUT2D eigenvalue weighted by atomic mass is 10.0. The van der Waals surface area contributed by atoms with Gasteiger partial charge >= 0.3 is 12.3 Å². The Labute approximate surface area is 139 Å². The molecule has 3 atom stereocenters. The van der Waals surface area contributed by atoms with Crippen molar-refractivity contribution in [1.82, 2.24) is 9.80 Å². The van der Waals surface area contributed by atoms with Gasteiger partial charge in [-0.05, 0) is 24.3 Å². The van der Waals surface area contributed by atoms with Gasteiger partial charge in [-0.25, -0.2) is 4.79 Å². The number of carbonyl (C=O) groups excluding carboxylic acids is 1. The topological polar surface area (TPSA) is 32.8 Å².